The summed E-state index contributed by atoms with van der Waals surface area (Å²) in [6.07, 6.45) is 1.63. The SMILES string of the molecule is COc1ccc([C]=O)c(C(=O)N(O)Cc2ccc(F)cc2)c1OC. The van der Waals surface area contributed by atoms with Crippen LogP contribution >= 0.6 is 0 Å². The second-order valence-corrected chi connectivity index (χ2v) is 4.81. The van der Waals surface area contributed by atoms with Crippen molar-refractivity contribution in [2.45, 2.75) is 6.54 Å². The summed E-state index contributed by atoms with van der Waals surface area (Å²) in [5.41, 5.74) is 0.262. The Hall–Kier alpha value is -2.93. The highest BCUT2D eigenvalue weighted by Gasteiger charge is 2.25. The number of carbonyl (C=O) groups excluding carboxylic acids is 2. The zero-order valence-electron chi connectivity index (χ0n) is 13.1. The van der Waals surface area contributed by atoms with E-state index in [1.807, 2.05) is 0 Å². The van der Waals surface area contributed by atoms with E-state index in [0.717, 1.165) is 0 Å². The predicted octanol–water partition coefficient (Wildman–Crippen LogP) is 2.33. The van der Waals surface area contributed by atoms with Gasteiger partial charge < -0.3 is 9.47 Å². The predicted molar refractivity (Wildman–Crippen MR) is 82.4 cm³/mol. The molecule has 2 aromatic rings. The van der Waals surface area contributed by atoms with Crippen LogP contribution in [0.1, 0.15) is 21.5 Å². The van der Waals surface area contributed by atoms with Crippen molar-refractivity contribution in [3.63, 3.8) is 0 Å². The van der Waals surface area contributed by atoms with Crippen LogP contribution in [0, 0.1) is 5.82 Å². The summed E-state index contributed by atoms with van der Waals surface area (Å²) in [4.78, 5) is 23.6. The molecule has 0 unspecified atom stereocenters. The Kier molecular flexibility index (Phi) is 5.49. The molecule has 0 aliphatic heterocycles. The van der Waals surface area contributed by atoms with Crippen molar-refractivity contribution < 1.29 is 28.7 Å². The van der Waals surface area contributed by atoms with Gasteiger partial charge in [0, 0.05) is 5.56 Å². The lowest BCUT2D eigenvalue weighted by atomic mass is 10.1. The van der Waals surface area contributed by atoms with Gasteiger partial charge in [-0.25, -0.2) is 9.45 Å². The fourth-order valence-electron chi connectivity index (χ4n) is 2.19. The summed E-state index contributed by atoms with van der Waals surface area (Å²) in [5, 5.41) is 10.5. The van der Waals surface area contributed by atoms with Crippen LogP contribution in [0.2, 0.25) is 0 Å². The molecule has 1 amide bonds. The highest BCUT2D eigenvalue weighted by molar-refractivity contribution is 6.04. The van der Waals surface area contributed by atoms with Crippen molar-refractivity contribution in [3.8, 4) is 11.5 Å². The van der Waals surface area contributed by atoms with Gasteiger partial charge in [0.25, 0.3) is 5.91 Å². The monoisotopic (exact) mass is 332 g/mol. The molecule has 1 radical (unpaired) electrons. The van der Waals surface area contributed by atoms with Gasteiger partial charge in [-0.2, -0.15) is 0 Å². The number of rotatable bonds is 6. The van der Waals surface area contributed by atoms with Crippen LogP contribution in [0.15, 0.2) is 36.4 Å². The molecule has 24 heavy (non-hydrogen) atoms. The average molecular weight is 332 g/mol. The molecule has 0 bridgehead atoms. The number of hydrogen-bond donors (Lipinski definition) is 1. The van der Waals surface area contributed by atoms with Crippen molar-refractivity contribution in [2.75, 3.05) is 14.2 Å². The molecule has 0 atom stereocenters. The summed E-state index contributed by atoms with van der Waals surface area (Å²) in [6, 6.07) is 8.09. The molecule has 6 nitrogen and oxygen atoms in total. The number of halogens is 1. The van der Waals surface area contributed by atoms with Gasteiger partial charge in [-0.1, -0.05) is 12.1 Å². The minimum Gasteiger partial charge on any atom is -0.493 e. The van der Waals surface area contributed by atoms with Gasteiger partial charge >= 0.3 is 0 Å². The van der Waals surface area contributed by atoms with E-state index in [4.69, 9.17) is 9.47 Å². The Bertz CT molecular complexity index is 745. The average Bonchev–Trinajstić information content (AvgIpc) is 2.61. The van der Waals surface area contributed by atoms with Gasteiger partial charge in [-0.05, 0) is 29.8 Å². The first-order valence-electron chi connectivity index (χ1n) is 6.90. The van der Waals surface area contributed by atoms with Crippen LogP contribution in [-0.2, 0) is 11.3 Å². The minimum atomic E-state index is -0.867. The molecule has 0 saturated heterocycles. The van der Waals surface area contributed by atoms with Crippen LogP contribution in [0.5, 0.6) is 11.5 Å². The summed E-state index contributed by atoms with van der Waals surface area (Å²) in [7, 11) is 2.69. The highest BCUT2D eigenvalue weighted by atomic mass is 19.1. The maximum absolute atomic E-state index is 12.9. The van der Waals surface area contributed by atoms with Crippen molar-refractivity contribution in [2.24, 2.45) is 0 Å². The lowest BCUT2D eigenvalue weighted by Crippen LogP contribution is -2.28. The third-order valence-electron chi connectivity index (χ3n) is 3.35. The fourth-order valence-corrected chi connectivity index (χ4v) is 2.19. The van der Waals surface area contributed by atoms with Crippen molar-refractivity contribution in [3.05, 3.63) is 58.9 Å². The van der Waals surface area contributed by atoms with Gasteiger partial charge in [0.05, 0.1) is 26.3 Å². The fraction of sp³-hybridized carbons (Fsp3) is 0.176. The zero-order chi connectivity index (χ0) is 17.7. The van der Waals surface area contributed by atoms with Crippen molar-refractivity contribution in [1.29, 1.82) is 0 Å². The minimum absolute atomic E-state index is 0.0153. The summed E-state index contributed by atoms with van der Waals surface area (Å²) in [6.45, 7) is -0.197. The van der Waals surface area contributed by atoms with E-state index in [9.17, 15) is 19.2 Å². The number of nitrogens with zero attached hydrogens (tertiary/aromatic N) is 1. The van der Waals surface area contributed by atoms with Crippen LogP contribution in [0.25, 0.3) is 0 Å². The van der Waals surface area contributed by atoms with Gasteiger partial charge in [-0.3, -0.25) is 14.8 Å². The first kappa shape index (κ1) is 17.4. The number of hydrogen-bond acceptors (Lipinski definition) is 5. The molecule has 0 fully saturated rings. The number of benzene rings is 2. The van der Waals surface area contributed by atoms with Crippen molar-refractivity contribution in [1.82, 2.24) is 5.06 Å². The number of carbonyl (C=O) groups is 1. The molecule has 7 heteroatoms. The first-order valence-corrected chi connectivity index (χ1v) is 6.90. The summed E-state index contributed by atoms with van der Waals surface area (Å²) < 4.78 is 23.1. The molecule has 125 valence electrons. The molecule has 0 spiro atoms. The lowest BCUT2D eigenvalue weighted by Gasteiger charge is -2.19. The summed E-state index contributed by atoms with van der Waals surface area (Å²) >= 11 is 0. The van der Waals surface area contributed by atoms with E-state index in [1.165, 1.54) is 50.6 Å². The molecular formula is C17H15FNO5. The quantitative estimate of drug-likeness (QED) is 0.649. The van der Waals surface area contributed by atoms with E-state index in [1.54, 1.807) is 6.29 Å². The first-order chi connectivity index (χ1) is 11.5. The van der Waals surface area contributed by atoms with Crippen molar-refractivity contribution >= 4 is 12.2 Å². The van der Waals surface area contributed by atoms with Crippen LogP contribution < -0.4 is 9.47 Å². The third-order valence-corrected chi connectivity index (χ3v) is 3.35. The van der Waals surface area contributed by atoms with Crippen LogP contribution in [0.4, 0.5) is 4.39 Å². The second-order valence-electron chi connectivity index (χ2n) is 4.81. The highest BCUT2D eigenvalue weighted by Crippen LogP contribution is 2.33. The molecule has 1 N–H and O–H groups in total. The Morgan fingerprint density at radius 3 is 2.38 bits per heavy atom. The molecule has 0 aliphatic carbocycles. The van der Waals surface area contributed by atoms with E-state index >= 15 is 0 Å². The zero-order valence-corrected chi connectivity index (χ0v) is 13.1. The van der Waals surface area contributed by atoms with Gasteiger partial charge in [0.15, 0.2) is 11.5 Å². The molecule has 0 saturated carbocycles. The Balaban J connectivity index is 2.36. The van der Waals surface area contributed by atoms with Gasteiger partial charge in [0.2, 0.25) is 6.29 Å². The van der Waals surface area contributed by atoms with Crippen LogP contribution in [0.3, 0.4) is 0 Å². The Morgan fingerprint density at radius 2 is 1.83 bits per heavy atom. The topological polar surface area (TPSA) is 76.1 Å². The second kappa shape index (κ2) is 7.56. The molecular weight excluding hydrogens is 317 g/mol. The molecule has 0 heterocycles. The smallest absolute Gasteiger partial charge is 0.282 e. The Morgan fingerprint density at radius 1 is 1.17 bits per heavy atom. The number of amides is 1. The van der Waals surface area contributed by atoms with E-state index < -0.39 is 11.7 Å². The number of ether oxygens (including phenoxy) is 2. The van der Waals surface area contributed by atoms with E-state index in [-0.39, 0.29) is 29.2 Å². The number of hydroxylamine groups is 2. The lowest BCUT2D eigenvalue weighted by molar-refractivity contribution is -0.0650. The maximum Gasteiger partial charge on any atom is 0.282 e. The van der Waals surface area contributed by atoms with Gasteiger partial charge in [0.1, 0.15) is 5.82 Å². The molecule has 2 aromatic carbocycles. The molecule has 2 rings (SSSR count). The van der Waals surface area contributed by atoms with Crippen LogP contribution in [-0.4, -0.2) is 36.7 Å². The molecule has 0 aromatic heterocycles. The number of methoxy groups -OCH3 is 2. The third kappa shape index (κ3) is 3.52. The van der Waals surface area contributed by atoms with E-state index in [0.29, 0.717) is 10.6 Å². The largest absolute Gasteiger partial charge is 0.493 e. The van der Waals surface area contributed by atoms with E-state index in [2.05, 4.69) is 0 Å². The molecule has 0 aliphatic rings. The Labute approximate surface area is 138 Å². The maximum atomic E-state index is 12.9. The standard InChI is InChI=1S/C17H15FNO5/c1-23-14-8-5-12(10-20)15(16(14)24-2)17(21)19(22)9-11-3-6-13(18)7-4-11/h3-8,22H,9H2,1-2H3. The normalized spacial score (nSPS) is 10.2. The van der Waals surface area contributed by atoms with Gasteiger partial charge in [-0.15, -0.1) is 0 Å². The summed E-state index contributed by atoms with van der Waals surface area (Å²) in [5.74, 6) is -1.05.